The van der Waals surface area contributed by atoms with Gasteiger partial charge in [-0.05, 0) is 49.6 Å². The molecule has 0 radical (unpaired) electrons. The highest BCUT2D eigenvalue weighted by Gasteiger charge is 2.29. The molecule has 0 saturated heterocycles. The fourth-order valence-corrected chi connectivity index (χ4v) is 2.17. The van der Waals surface area contributed by atoms with Crippen molar-refractivity contribution in [1.82, 2.24) is 5.32 Å². The number of carbonyl (C=O) groups is 2. The third-order valence-electron chi connectivity index (χ3n) is 3.70. The fourth-order valence-electron chi connectivity index (χ4n) is 2.17. The van der Waals surface area contributed by atoms with Crippen LogP contribution in [0.2, 0.25) is 0 Å². The van der Waals surface area contributed by atoms with Crippen LogP contribution in [0.4, 0.5) is 16.2 Å². The topological polar surface area (TPSA) is 83.4 Å². The van der Waals surface area contributed by atoms with Crippen molar-refractivity contribution in [3.8, 4) is 0 Å². The van der Waals surface area contributed by atoms with Gasteiger partial charge in [0.25, 0.3) is 0 Å². The number of aryl methyl sites for hydroxylation is 1. The van der Waals surface area contributed by atoms with E-state index in [0.29, 0.717) is 23.7 Å². The zero-order valence-electron chi connectivity index (χ0n) is 12.9. The van der Waals surface area contributed by atoms with Crippen LogP contribution in [0.1, 0.15) is 24.2 Å². The van der Waals surface area contributed by atoms with Gasteiger partial charge < -0.3 is 20.4 Å². The highest BCUT2D eigenvalue weighted by molar-refractivity contribution is 5.96. The SMILES string of the molecule is Cc1ccc(NC(=O)C2CC2)cc1NC(=O)NCc1ccco1. The van der Waals surface area contributed by atoms with Crippen LogP contribution >= 0.6 is 0 Å². The molecule has 3 amide bonds. The minimum Gasteiger partial charge on any atom is -0.467 e. The van der Waals surface area contributed by atoms with E-state index in [2.05, 4.69) is 16.0 Å². The predicted octanol–water partition coefficient (Wildman–Crippen LogP) is 3.26. The lowest BCUT2D eigenvalue weighted by molar-refractivity contribution is -0.117. The largest absolute Gasteiger partial charge is 0.467 e. The number of hydrogen-bond donors (Lipinski definition) is 3. The molecule has 1 heterocycles. The zero-order valence-corrected chi connectivity index (χ0v) is 12.9. The molecule has 120 valence electrons. The minimum atomic E-state index is -0.324. The summed E-state index contributed by atoms with van der Waals surface area (Å²) >= 11 is 0. The standard InChI is InChI=1S/C17H19N3O3/c1-11-4-7-13(19-16(21)12-5-6-12)9-15(11)20-17(22)18-10-14-3-2-8-23-14/h2-4,7-9,12H,5-6,10H2,1H3,(H,19,21)(H2,18,20,22). The van der Waals surface area contributed by atoms with Gasteiger partial charge in [-0.2, -0.15) is 0 Å². The summed E-state index contributed by atoms with van der Waals surface area (Å²) in [4.78, 5) is 23.8. The van der Waals surface area contributed by atoms with Crippen LogP contribution in [0.5, 0.6) is 0 Å². The lowest BCUT2D eigenvalue weighted by atomic mass is 10.1. The lowest BCUT2D eigenvalue weighted by Gasteiger charge is -2.12. The van der Waals surface area contributed by atoms with Gasteiger partial charge >= 0.3 is 6.03 Å². The molecule has 3 rings (SSSR count). The van der Waals surface area contributed by atoms with E-state index in [9.17, 15) is 9.59 Å². The number of furan rings is 1. The molecule has 23 heavy (non-hydrogen) atoms. The maximum atomic E-state index is 12.0. The minimum absolute atomic E-state index is 0.0436. The molecule has 0 atom stereocenters. The Morgan fingerprint density at radius 3 is 2.74 bits per heavy atom. The fraction of sp³-hybridized carbons (Fsp3) is 0.294. The normalized spacial score (nSPS) is 13.4. The first-order chi connectivity index (χ1) is 11.1. The average molecular weight is 313 g/mol. The van der Waals surface area contributed by atoms with Gasteiger partial charge in [0.15, 0.2) is 0 Å². The Bertz CT molecular complexity index is 706. The molecule has 0 bridgehead atoms. The first-order valence-corrected chi connectivity index (χ1v) is 7.60. The predicted molar refractivity (Wildman–Crippen MR) is 87.1 cm³/mol. The van der Waals surface area contributed by atoms with Crippen molar-refractivity contribution in [3.63, 3.8) is 0 Å². The van der Waals surface area contributed by atoms with Gasteiger partial charge in [-0.1, -0.05) is 6.07 Å². The Labute approximate surface area is 134 Å². The van der Waals surface area contributed by atoms with Crippen molar-refractivity contribution >= 4 is 23.3 Å². The number of anilines is 2. The van der Waals surface area contributed by atoms with Crippen molar-refractivity contribution in [2.24, 2.45) is 5.92 Å². The van der Waals surface area contributed by atoms with Crippen molar-refractivity contribution in [3.05, 3.63) is 47.9 Å². The molecule has 3 N–H and O–H groups in total. The summed E-state index contributed by atoms with van der Waals surface area (Å²) in [7, 11) is 0. The van der Waals surface area contributed by atoms with Crippen LogP contribution in [0.15, 0.2) is 41.0 Å². The first-order valence-electron chi connectivity index (χ1n) is 7.60. The van der Waals surface area contributed by atoms with Crippen LogP contribution in [-0.4, -0.2) is 11.9 Å². The summed E-state index contributed by atoms with van der Waals surface area (Å²) in [5.74, 6) is 0.869. The Morgan fingerprint density at radius 1 is 1.22 bits per heavy atom. The molecule has 6 heteroatoms. The van der Waals surface area contributed by atoms with Crippen LogP contribution < -0.4 is 16.0 Å². The van der Waals surface area contributed by atoms with E-state index in [4.69, 9.17) is 4.42 Å². The number of carbonyl (C=O) groups excluding carboxylic acids is 2. The summed E-state index contributed by atoms with van der Waals surface area (Å²) in [6, 6.07) is 8.70. The molecular formula is C17H19N3O3. The molecule has 0 unspecified atom stereocenters. The Morgan fingerprint density at radius 2 is 2.04 bits per heavy atom. The third kappa shape index (κ3) is 4.12. The molecule has 6 nitrogen and oxygen atoms in total. The van der Waals surface area contributed by atoms with E-state index in [-0.39, 0.29) is 17.9 Å². The smallest absolute Gasteiger partial charge is 0.319 e. The zero-order chi connectivity index (χ0) is 16.2. The maximum absolute atomic E-state index is 12.0. The summed E-state index contributed by atoms with van der Waals surface area (Å²) in [5, 5.41) is 8.38. The quantitative estimate of drug-likeness (QED) is 0.792. The van der Waals surface area contributed by atoms with E-state index in [1.807, 2.05) is 19.1 Å². The second-order valence-corrected chi connectivity index (χ2v) is 5.68. The Balaban J connectivity index is 1.59. The molecule has 1 aromatic heterocycles. The van der Waals surface area contributed by atoms with E-state index in [1.54, 1.807) is 24.5 Å². The Kier molecular flexibility index (Phi) is 4.32. The molecule has 1 fully saturated rings. The van der Waals surface area contributed by atoms with Crippen LogP contribution in [0, 0.1) is 12.8 Å². The van der Waals surface area contributed by atoms with Gasteiger partial charge in [0.05, 0.1) is 12.8 Å². The number of hydrogen-bond acceptors (Lipinski definition) is 3. The molecule has 1 aliphatic rings. The van der Waals surface area contributed by atoms with Gasteiger partial charge in [-0.25, -0.2) is 4.79 Å². The molecule has 1 saturated carbocycles. The molecule has 2 aromatic rings. The van der Waals surface area contributed by atoms with Gasteiger partial charge in [-0.3, -0.25) is 4.79 Å². The maximum Gasteiger partial charge on any atom is 0.319 e. The molecule has 0 aliphatic heterocycles. The molecule has 0 spiro atoms. The first kappa shape index (κ1) is 15.1. The summed E-state index contributed by atoms with van der Waals surface area (Å²) in [5.41, 5.74) is 2.27. The Hall–Kier alpha value is -2.76. The third-order valence-corrected chi connectivity index (χ3v) is 3.70. The molecule has 1 aromatic carbocycles. The van der Waals surface area contributed by atoms with E-state index in [1.165, 1.54) is 0 Å². The van der Waals surface area contributed by atoms with Gasteiger partial charge in [-0.15, -0.1) is 0 Å². The van der Waals surface area contributed by atoms with Crippen LogP contribution in [-0.2, 0) is 11.3 Å². The van der Waals surface area contributed by atoms with Gasteiger partial charge in [0.2, 0.25) is 5.91 Å². The summed E-state index contributed by atoms with van der Waals surface area (Å²) in [6.07, 6.45) is 3.47. The number of urea groups is 1. The lowest BCUT2D eigenvalue weighted by Crippen LogP contribution is -2.28. The number of rotatable bonds is 5. The summed E-state index contributed by atoms with van der Waals surface area (Å²) in [6.45, 7) is 2.21. The highest BCUT2D eigenvalue weighted by atomic mass is 16.3. The van der Waals surface area contributed by atoms with E-state index >= 15 is 0 Å². The number of amides is 3. The van der Waals surface area contributed by atoms with E-state index < -0.39 is 0 Å². The van der Waals surface area contributed by atoms with Crippen molar-refractivity contribution in [2.75, 3.05) is 10.6 Å². The van der Waals surface area contributed by atoms with Crippen LogP contribution in [0.25, 0.3) is 0 Å². The number of nitrogens with one attached hydrogen (secondary N) is 3. The molecule has 1 aliphatic carbocycles. The van der Waals surface area contributed by atoms with Gasteiger partial charge in [0, 0.05) is 17.3 Å². The summed E-state index contributed by atoms with van der Waals surface area (Å²) < 4.78 is 5.16. The monoisotopic (exact) mass is 313 g/mol. The van der Waals surface area contributed by atoms with E-state index in [0.717, 1.165) is 18.4 Å². The number of benzene rings is 1. The highest BCUT2D eigenvalue weighted by Crippen LogP contribution is 2.30. The molecular weight excluding hydrogens is 294 g/mol. The second kappa shape index (κ2) is 6.56. The average Bonchev–Trinajstić information content (AvgIpc) is 3.25. The second-order valence-electron chi connectivity index (χ2n) is 5.68. The van der Waals surface area contributed by atoms with Gasteiger partial charge in [0.1, 0.15) is 5.76 Å². The van der Waals surface area contributed by atoms with Crippen LogP contribution in [0.3, 0.4) is 0 Å². The van der Waals surface area contributed by atoms with Crippen molar-refractivity contribution in [1.29, 1.82) is 0 Å². The van der Waals surface area contributed by atoms with Crippen molar-refractivity contribution < 1.29 is 14.0 Å². The van der Waals surface area contributed by atoms with Crippen molar-refractivity contribution in [2.45, 2.75) is 26.3 Å².